The van der Waals surface area contributed by atoms with Gasteiger partial charge in [-0.05, 0) is 45.1 Å². The summed E-state index contributed by atoms with van der Waals surface area (Å²) in [6.07, 6.45) is 9.52. The molecule has 0 saturated carbocycles. The monoisotopic (exact) mass is 400 g/mol. The molecule has 8 heteroatoms. The van der Waals surface area contributed by atoms with Crippen LogP contribution in [-0.4, -0.2) is 88.8 Å². The van der Waals surface area contributed by atoms with E-state index in [-0.39, 0.29) is 11.8 Å². The zero-order valence-electron chi connectivity index (χ0n) is 17.3. The van der Waals surface area contributed by atoms with Gasteiger partial charge in [-0.2, -0.15) is 0 Å². The minimum absolute atomic E-state index is 0.00633. The van der Waals surface area contributed by atoms with Crippen LogP contribution in [0.2, 0.25) is 0 Å². The number of carbonyl (C=O) groups is 2. The van der Waals surface area contributed by atoms with Crippen molar-refractivity contribution in [3.05, 3.63) is 18.0 Å². The number of anilines is 1. The number of carbonyl (C=O) groups excluding carboxylic acids is 2. The van der Waals surface area contributed by atoms with Gasteiger partial charge >= 0.3 is 0 Å². The lowest BCUT2D eigenvalue weighted by atomic mass is 9.93. The molecule has 4 heterocycles. The van der Waals surface area contributed by atoms with Gasteiger partial charge in [-0.25, -0.2) is 9.97 Å². The second-order valence-electron chi connectivity index (χ2n) is 8.44. The van der Waals surface area contributed by atoms with Crippen molar-refractivity contribution >= 4 is 17.8 Å². The van der Waals surface area contributed by atoms with E-state index in [2.05, 4.69) is 25.1 Å². The molecule has 3 aliphatic heterocycles. The van der Waals surface area contributed by atoms with Crippen LogP contribution in [0.1, 0.15) is 48.9 Å². The standard InChI is InChI=1S/C21H32N6O2/c1-22-21-23-13-17(14-24-21)20(29)26-11-6-18(7-12-26)27-10-4-5-16(15-27)19(28)25-8-2-3-9-25/h13-14,16,18H,2-12,15H2,1H3,(H,22,23,24)/t16-/m0/s1. The maximum Gasteiger partial charge on any atom is 0.256 e. The third-order valence-corrected chi connectivity index (χ3v) is 6.61. The Labute approximate surface area is 172 Å². The number of nitrogens with zero attached hydrogens (tertiary/aromatic N) is 5. The first-order chi connectivity index (χ1) is 14.2. The van der Waals surface area contributed by atoms with Crippen LogP contribution in [-0.2, 0) is 4.79 Å². The fraction of sp³-hybridized carbons (Fsp3) is 0.714. The molecule has 3 aliphatic rings. The summed E-state index contributed by atoms with van der Waals surface area (Å²) < 4.78 is 0. The van der Waals surface area contributed by atoms with E-state index < -0.39 is 0 Å². The molecule has 0 unspecified atom stereocenters. The summed E-state index contributed by atoms with van der Waals surface area (Å²) in [4.78, 5) is 40.3. The van der Waals surface area contributed by atoms with Gasteiger partial charge in [-0.3, -0.25) is 14.5 Å². The molecule has 158 valence electrons. The largest absolute Gasteiger partial charge is 0.357 e. The molecule has 0 bridgehead atoms. The molecule has 1 aromatic rings. The van der Waals surface area contributed by atoms with E-state index in [0.29, 0.717) is 23.5 Å². The van der Waals surface area contributed by atoms with Crippen LogP contribution in [0.5, 0.6) is 0 Å². The molecule has 1 atom stereocenters. The maximum absolute atomic E-state index is 12.8. The van der Waals surface area contributed by atoms with E-state index >= 15 is 0 Å². The van der Waals surface area contributed by atoms with E-state index in [1.165, 1.54) is 0 Å². The van der Waals surface area contributed by atoms with Crippen molar-refractivity contribution in [1.82, 2.24) is 24.7 Å². The van der Waals surface area contributed by atoms with Gasteiger partial charge in [-0.15, -0.1) is 0 Å². The number of nitrogens with one attached hydrogen (secondary N) is 1. The van der Waals surface area contributed by atoms with Gasteiger partial charge in [0, 0.05) is 58.2 Å². The predicted molar refractivity (Wildman–Crippen MR) is 111 cm³/mol. The lowest BCUT2D eigenvalue weighted by Crippen LogP contribution is -2.51. The molecule has 8 nitrogen and oxygen atoms in total. The van der Waals surface area contributed by atoms with Crippen molar-refractivity contribution in [1.29, 1.82) is 0 Å². The highest BCUT2D eigenvalue weighted by Crippen LogP contribution is 2.26. The van der Waals surface area contributed by atoms with E-state index in [4.69, 9.17) is 0 Å². The van der Waals surface area contributed by atoms with Crippen molar-refractivity contribution in [2.75, 3.05) is 51.6 Å². The summed E-state index contributed by atoms with van der Waals surface area (Å²) in [5, 5.41) is 2.86. The van der Waals surface area contributed by atoms with Gasteiger partial charge < -0.3 is 15.1 Å². The second kappa shape index (κ2) is 9.07. The van der Waals surface area contributed by atoms with Crippen molar-refractivity contribution in [2.24, 2.45) is 5.92 Å². The van der Waals surface area contributed by atoms with E-state index in [1.807, 2.05) is 4.90 Å². The third-order valence-electron chi connectivity index (χ3n) is 6.61. The molecule has 0 spiro atoms. The minimum atomic E-state index is 0.00633. The zero-order valence-corrected chi connectivity index (χ0v) is 17.3. The smallest absolute Gasteiger partial charge is 0.256 e. The van der Waals surface area contributed by atoms with E-state index in [0.717, 1.165) is 77.8 Å². The molecule has 3 fully saturated rings. The number of aromatic nitrogens is 2. The van der Waals surface area contributed by atoms with Crippen LogP contribution in [0.4, 0.5) is 5.95 Å². The molecule has 1 aromatic heterocycles. The van der Waals surface area contributed by atoms with Gasteiger partial charge in [0.15, 0.2) is 0 Å². The fourth-order valence-corrected chi connectivity index (χ4v) is 4.92. The van der Waals surface area contributed by atoms with Crippen LogP contribution < -0.4 is 5.32 Å². The van der Waals surface area contributed by atoms with Gasteiger partial charge in [0.25, 0.3) is 5.91 Å². The Morgan fingerprint density at radius 1 is 0.931 bits per heavy atom. The molecule has 0 aliphatic carbocycles. The van der Waals surface area contributed by atoms with E-state index in [9.17, 15) is 9.59 Å². The maximum atomic E-state index is 12.8. The topological polar surface area (TPSA) is 81.7 Å². The van der Waals surface area contributed by atoms with Crippen LogP contribution in [0.15, 0.2) is 12.4 Å². The zero-order chi connectivity index (χ0) is 20.2. The predicted octanol–water partition coefficient (Wildman–Crippen LogP) is 1.46. The lowest BCUT2D eigenvalue weighted by Gasteiger charge is -2.42. The summed E-state index contributed by atoms with van der Waals surface area (Å²) in [7, 11) is 1.76. The summed E-state index contributed by atoms with van der Waals surface area (Å²) in [5.74, 6) is 1.05. The molecule has 2 amide bonds. The van der Waals surface area contributed by atoms with Gasteiger partial charge in [0.1, 0.15) is 0 Å². The first-order valence-electron chi connectivity index (χ1n) is 11.0. The van der Waals surface area contributed by atoms with Crippen LogP contribution >= 0.6 is 0 Å². The average Bonchev–Trinajstić information content (AvgIpc) is 3.33. The van der Waals surface area contributed by atoms with Crippen LogP contribution in [0, 0.1) is 5.92 Å². The van der Waals surface area contributed by atoms with Gasteiger partial charge in [-0.1, -0.05) is 0 Å². The molecule has 29 heavy (non-hydrogen) atoms. The summed E-state index contributed by atoms with van der Waals surface area (Å²) in [6, 6.07) is 0.469. The second-order valence-corrected chi connectivity index (χ2v) is 8.44. The number of piperidine rings is 2. The highest BCUT2D eigenvalue weighted by molar-refractivity contribution is 5.93. The Bertz CT molecular complexity index is 710. The molecule has 0 radical (unpaired) electrons. The van der Waals surface area contributed by atoms with Crippen molar-refractivity contribution in [2.45, 2.75) is 44.6 Å². The Kier molecular flexibility index (Phi) is 6.28. The van der Waals surface area contributed by atoms with Crippen molar-refractivity contribution < 1.29 is 9.59 Å². The molecule has 3 saturated heterocycles. The number of likely N-dealkylation sites (tertiary alicyclic amines) is 3. The number of amides is 2. The summed E-state index contributed by atoms with van der Waals surface area (Å²) in [5.41, 5.74) is 0.539. The normalized spacial score (nSPS) is 24.0. The van der Waals surface area contributed by atoms with Gasteiger partial charge in [0.2, 0.25) is 11.9 Å². The number of hydrogen-bond donors (Lipinski definition) is 1. The quantitative estimate of drug-likeness (QED) is 0.824. The average molecular weight is 401 g/mol. The first-order valence-corrected chi connectivity index (χ1v) is 11.0. The Hall–Kier alpha value is -2.22. The van der Waals surface area contributed by atoms with Gasteiger partial charge in [0.05, 0.1) is 11.5 Å². The molecular weight excluding hydrogens is 368 g/mol. The third kappa shape index (κ3) is 4.52. The van der Waals surface area contributed by atoms with Crippen molar-refractivity contribution in [3.8, 4) is 0 Å². The number of rotatable bonds is 4. The molecular formula is C21H32N6O2. The molecule has 1 N–H and O–H groups in total. The Balaban J connectivity index is 1.29. The first kappa shape index (κ1) is 20.1. The van der Waals surface area contributed by atoms with E-state index in [1.54, 1.807) is 19.4 Å². The summed E-state index contributed by atoms with van der Waals surface area (Å²) in [6.45, 7) is 5.33. The fourth-order valence-electron chi connectivity index (χ4n) is 4.92. The summed E-state index contributed by atoms with van der Waals surface area (Å²) >= 11 is 0. The lowest BCUT2D eigenvalue weighted by molar-refractivity contribution is -0.136. The Morgan fingerprint density at radius 2 is 1.62 bits per heavy atom. The van der Waals surface area contributed by atoms with Crippen molar-refractivity contribution in [3.63, 3.8) is 0 Å². The number of hydrogen-bond acceptors (Lipinski definition) is 6. The highest BCUT2D eigenvalue weighted by atomic mass is 16.2. The molecule has 4 rings (SSSR count). The SMILES string of the molecule is CNc1ncc(C(=O)N2CCC(N3CCC[C@H](C(=O)N4CCCC4)C3)CC2)cn1. The molecule has 0 aromatic carbocycles. The Morgan fingerprint density at radius 3 is 2.28 bits per heavy atom. The van der Waals surface area contributed by atoms with Crippen LogP contribution in [0.3, 0.4) is 0 Å². The minimum Gasteiger partial charge on any atom is -0.357 e. The van der Waals surface area contributed by atoms with Crippen LogP contribution in [0.25, 0.3) is 0 Å². The highest BCUT2D eigenvalue weighted by Gasteiger charge is 2.34.